The topological polar surface area (TPSA) is 70.2 Å². The van der Waals surface area contributed by atoms with Gasteiger partial charge in [0.05, 0.1) is 17.3 Å². The molecule has 0 fully saturated rings. The highest BCUT2D eigenvalue weighted by Gasteiger charge is 2.08. The lowest BCUT2D eigenvalue weighted by atomic mass is 10.2. The molecule has 0 aliphatic rings. The maximum Gasteiger partial charge on any atom is 0.251 e. The average molecular weight is 346 g/mol. The van der Waals surface area contributed by atoms with Gasteiger partial charge in [0.15, 0.2) is 0 Å². The van der Waals surface area contributed by atoms with Gasteiger partial charge in [-0.15, -0.1) is 0 Å². The second-order valence-electron chi connectivity index (χ2n) is 5.59. The van der Waals surface area contributed by atoms with Crippen LogP contribution in [-0.4, -0.2) is 24.4 Å². The van der Waals surface area contributed by atoms with Gasteiger partial charge in [-0.05, 0) is 50.2 Å². The van der Waals surface area contributed by atoms with Crippen LogP contribution in [0.25, 0.3) is 0 Å². The summed E-state index contributed by atoms with van der Waals surface area (Å²) in [6.45, 7) is 3.90. The number of anilines is 2. The summed E-state index contributed by atoms with van der Waals surface area (Å²) in [5, 5.41) is 9.11. The molecule has 0 unspecified atom stereocenters. The lowest BCUT2D eigenvalue weighted by Crippen LogP contribution is -2.30. The molecule has 0 saturated heterocycles. The maximum absolute atomic E-state index is 12.0. The first kappa shape index (κ1) is 17.8. The predicted molar refractivity (Wildman–Crippen MR) is 97.6 cm³/mol. The van der Waals surface area contributed by atoms with Gasteiger partial charge in [0.25, 0.3) is 5.91 Å². The molecule has 2 amide bonds. The fourth-order valence-electron chi connectivity index (χ4n) is 2.04. The molecule has 0 atom stereocenters. The number of carbonyl (C=O) groups is 2. The summed E-state index contributed by atoms with van der Waals surface area (Å²) in [6.07, 6.45) is 0. The monoisotopic (exact) mass is 345 g/mol. The fourth-order valence-corrected chi connectivity index (χ4v) is 2.24. The third-order valence-corrected chi connectivity index (χ3v) is 3.49. The van der Waals surface area contributed by atoms with E-state index in [0.29, 0.717) is 22.0 Å². The summed E-state index contributed by atoms with van der Waals surface area (Å²) < 4.78 is 0. The molecule has 2 aromatic carbocycles. The van der Waals surface area contributed by atoms with Crippen molar-refractivity contribution in [1.82, 2.24) is 5.32 Å². The maximum atomic E-state index is 12.0. The van der Waals surface area contributed by atoms with Gasteiger partial charge >= 0.3 is 0 Å². The second kappa shape index (κ2) is 8.36. The number of rotatable bonds is 6. The average Bonchev–Trinajstić information content (AvgIpc) is 2.54. The lowest BCUT2D eigenvalue weighted by Gasteiger charge is -2.10. The Morgan fingerprint density at radius 2 is 1.71 bits per heavy atom. The van der Waals surface area contributed by atoms with E-state index in [1.54, 1.807) is 36.4 Å². The minimum absolute atomic E-state index is 0.0766. The number of para-hydroxylation sites is 1. The molecule has 0 radical (unpaired) electrons. The SMILES string of the molecule is CC(C)NC(=O)c1ccc(NC(=O)CNc2ccccc2Cl)cc1. The molecule has 0 bridgehead atoms. The third kappa shape index (κ3) is 5.28. The van der Waals surface area contributed by atoms with Gasteiger partial charge in [0.2, 0.25) is 5.91 Å². The molecule has 0 saturated carbocycles. The number of carbonyl (C=O) groups excluding carboxylic acids is 2. The highest BCUT2D eigenvalue weighted by Crippen LogP contribution is 2.20. The van der Waals surface area contributed by atoms with Crippen LogP contribution in [0, 0.1) is 0 Å². The Hall–Kier alpha value is -2.53. The summed E-state index contributed by atoms with van der Waals surface area (Å²) in [4.78, 5) is 23.8. The molecule has 0 aromatic heterocycles. The van der Waals surface area contributed by atoms with Crippen molar-refractivity contribution in [2.24, 2.45) is 0 Å². The first-order chi connectivity index (χ1) is 11.5. The number of halogens is 1. The van der Waals surface area contributed by atoms with E-state index in [-0.39, 0.29) is 24.4 Å². The van der Waals surface area contributed by atoms with Crippen molar-refractivity contribution < 1.29 is 9.59 Å². The van der Waals surface area contributed by atoms with E-state index in [4.69, 9.17) is 11.6 Å². The van der Waals surface area contributed by atoms with Gasteiger partial charge in [-0.3, -0.25) is 9.59 Å². The van der Waals surface area contributed by atoms with E-state index in [1.165, 1.54) is 0 Å². The van der Waals surface area contributed by atoms with Crippen molar-refractivity contribution in [2.75, 3.05) is 17.2 Å². The number of hydrogen-bond acceptors (Lipinski definition) is 3. The van der Waals surface area contributed by atoms with Crippen molar-refractivity contribution in [3.63, 3.8) is 0 Å². The molecule has 0 spiro atoms. The smallest absolute Gasteiger partial charge is 0.251 e. The minimum Gasteiger partial charge on any atom is -0.375 e. The molecular weight excluding hydrogens is 326 g/mol. The zero-order valence-corrected chi connectivity index (χ0v) is 14.4. The largest absolute Gasteiger partial charge is 0.375 e. The van der Waals surface area contributed by atoms with E-state index in [0.717, 1.165) is 0 Å². The number of nitrogens with one attached hydrogen (secondary N) is 3. The first-order valence-corrected chi connectivity index (χ1v) is 8.02. The predicted octanol–water partition coefficient (Wildman–Crippen LogP) is 3.53. The van der Waals surface area contributed by atoms with Crippen molar-refractivity contribution in [1.29, 1.82) is 0 Å². The van der Waals surface area contributed by atoms with E-state index in [2.05, 4.69) is 16.0 Å². The molecule has 126 valence electrons. The molecule has 2 aromatic rings. The van der Waals surface area contributed by atoms with Crippen LogP contribution in [0.5, 0.6) is 0 Å². The Morgan fingerprint density at radius 3 is 2.33 bits per heavy atom. The molecule has 2 rings (SSSR count). The first-order valence-electron chi connectivity index (χ1n) is 7.65. The van der Waals surface area contributed by atoms with Gasteiger partial charge in [-0.25, -0.2) is 0 Å². The van der Waals surface area contributed by atoms with Crippen LogP contribution >= 0.6 is 11.6 Å². The molecule has 5 nitrogen and oxygen atoms in total. The molecule has 0 heterocycles. The highest BCUT2D eigenvalue weighted by molar-refractivity contribution is 6.33. The number of hydrogen-bond donors (Lipinski definition) is 3. The zero-order chi connectivity index (χ0) is 17.5. The van der Waals surface area contributed by atoms with Gasteiger partial charge in [-0.1, -0.05) is 23.7 Å². The Morgan fingerprint density at radius 1 is 1.04 bits per heavy atom. The van der Waals surface area contributed by atoms with E-state index >= 15 is 0 Å². The van der Waals surface area contributed by atoms with Crippen LogP contribution in [0.2, 0.25) is 5.02 Å². The fraction of sp³-hybridized carbons (Fsp3) is 0.222. The zero-order valence-electron chi connectivity index (χ0n) is 13.6. The Balaban J connectivity index is 1.88. The van der Waals surface area contributed by atoms with Crippen molar-refractivity contribution >= 4 is 34.8 Å². The van der Waals surface area contributed by atoms with Crippen LogP contribution in [-0.2, 0) is 4.79 Å². The van der Waals surface area contributed by atoms with Crippen molar-refractivity contribution in [2.45, 2.75) is 19.9 Å². The summed E-state index contributed by atoms with van der Waals surface area (Å²) in [7, 11) is 0. The van der Waals surface area contributed by atoms with E-state index < -0.39 is 0 Å². The molecule has 6 heteroatoms. The standard InChI is InChI=1S/C18H20ClN3O2/c1-12(2)21-18(24)13-7-9-14(10-8-13)22-17(23)11-20-16-6-4-3-5-15(16)19/h3-10,12,20H,11H2,1-2H3,(H,21,24)(H,22,23). The molecular formula is C18H20ClN3O2. The van der Waals surface area contributed by atoms with E-state index in [1.807, 2.05) is 26.0 Å². The summed E-state index contributed by atoms with van der Waals surface area (Å²) >= 11 is 6.02. The van der Waals surface area contributed by atoms with Crippen molar-refractivity contribution in [3.8, 4) is 0 Å². The minimum atomic E-state index is -0.200. The molecule has 3 N–H and O–H groups in total. The molecule has 0 aliphatic carbocycles. The van der Waals surface area contributed by atoms with Crippen LogP contribution in [0.15, 0.2) is 48.5 Å². The van der Waals surface area contributed by atoms with Crippen LogP contribution in [0.1, 0.15) is 24.2 Å². The Bertz CT molecular complexity index is 714. The van der Waals surface area contributed by atoms with Gasteiger partial charge in [0, 0.05) is 17.3 Å². The molecule has 24 heavy (non-hydrogen) atoms. The van der Waals surface area contributed by atoms with E-state index in [9.17, 15) is 9.59 Å². The van der Waals surface area contributed by atoms with Crippen LogP contribution in [0.4, 0.5) is 11.4 Å². The quantitative estimate of drug-likeness (QED) is 0.750. The summed E-state index contributed by atoms with van der Waals surface area (Å²) in [5.74, 6) is -0.336. The second-order valence-corrected chi connectivity index (χ2v) is 5.99. The number of amides is 2. The van der Waals surface area contributed by atoms with Crippen LogP contribution < -0.4 is 16.0 Å². The number of benzene rings is 2. The van der Waals surface area contributed by atoms with Gasteiger partial charge < -0.3 is 16.0 Å². The lowest BCUT2D eigenvalue weighted by molar-refractivity contribution is -0.114. The molecule has 0 aliphatic heterocycles. The van der Waals surface area contributed by atoms with Crippen molar-refractivity contribution in [3.05, 3.63) is 59.1 Å². The Labute approximate surface area is 146 Å². The summed E-state index contributed by atoms with van der Waals surface area (Å²) in [6, 6.07) is 14.0. The third-order valence-electron chi connectivity index (χ3n) is 3.16. The Kier molecular flexibility index (Phi) is 6.21. The van der Waals surface area contributed by atoms with Crippen LogP contribution in [0.3, 0.4) is 0 Å². The highest BCUT2D eigenvalue weighted by atomic mass is 35.5. The van der Waals surface area contributed by atoms with Gasteiger partial charge in [0.1, 0.15) is 0 Å². The summed E-state index contributed by atoms with van der Waals surface area (Å²) in [5.41, 5.74) is 1.88. The normalized spacial score (nSPS) is 10.3. The van der Waals surface area contributed by atoms with Gasteiger partial charge in [-0.2, -0.15) is 0 Å².